The van der Waals surface area contributed by atoms with Crippen molar-refractivity contribution in [2.45, 2.75) is 19.9 Å². The van der Waals surface area contributed by atoms with Crippen LogP contribution >= 0.6 is 24.0 Å². The molecule has 100 valence electrons. The highest BCUT2D eigenvalue weighted by Crippen LogP contribution is 2.34. The standard InChI is InChI=1S/C11H10N2O4S2/c1-6(2)12-10(14)8(19-11(12)18)5-7-3-4-9(17-7)13(15)16/h3-6H,1-2H3. The van der Waals surface area contributed by atoms with Crippen LogP contribution in [0.5, 0.6) is 0 Å². The molecule has 0 atom stereocenters. The van der Waals surface area contributed by atoms with Gasteiger partial charge in [0.05, 0.1) is 11.0 Å². The first kappa shape index (κ1) is 13.8. The van der Waals surface area contributed by atoms with Crippen LogP contribution in [-0.2, 0) is 4.79 Å². The Morgan fingerprint density at radius 2 is 2.21 bits per heavy atom. The van der Waals surface area contributed by atoms with E-state index in [9.17, 15) is 14.9 Å². The van der Waals surface area contributed by atoms with Crippen LogP contribution in [0.25, 0.3) is 6.08 Å². The Kier molecular flexibility index (Phi) is 3.72. The van der Waals surface area contributed by atoms with E-state index in [1.54, 1.807) is 0 Å². The Bertz CT molecular complexity index is 591. The van der Waals surface area contributed by atoms with E-state index < -0.39 is 4.92 Å². The van der Waals surface area contributed by atoms with Gasteiger partial charge in [-0.05, 0) is 19.9 Å². The molecule has 1 saturated heterocycles. The number of furan rings is 1. The van der Waals surface area contributed by atoms with Gasteiger partial charge in [-0.3, -0.25) is 19.8 Å². The molecule has 1 aliphatic rings. The van der Waals surface area contributed by atoms with Crippen LogP contribution in [0, 0.1) is 10.1 Å². The molecule has 0 saturated carbocycles. The first-order chi connectivity index (χ1) is 8.90. The highest BCUT2D eigenvalue weighted by Gasteiger charge is 2.34. The van der Waals surface area contributed by atoms with Crippen LogP contribution in [0.1, 0.15) is 19.6 Å². The van der Waals surface area contributed by atoms with Crippen LogP contribution in [0.2, 0.25) is 0 Å². The molecule has 1 aliphatic heterocycles. The van der Waals surface area contributed by atoms with Gasteiger partial charge in [0, 0.05) is 12.1 Å². The third-order valence-corrected chi connectivity index (χ3v) is 3.74. The normalized spacial score (nSPS) is 17.8. The topological polar surface area (TPSA) is 76.6 Å². The summed E-state index contributed by atoms with van der Waals surface area (Å²) in [7, 11) is 0. The van der Waals surface area contributed by atoms with E-state index >= 15 is 0 Å². The van der Waals surface area contributed by atoms with Gasteiger partial charge in [-0.1, -0.05) is 24.0 Å². The summed E-state index contributed by atoms with van der Waals surface area (Å²) in [5.74, 6) is -0.300. The summed E-state index contributed by atoms with van der Waals surface area (Å²) >= 11 is 6.28. The van der Waals surface area contributed by atoms with Gasteiger partial charge in [-0.25, -0.2) is 0 Å². The number of carbonyl (C=O) groups is 1. The molecule has 2 rings (SSSR count). The number of amides is 1. The number of thiocarbonyl (C=S) groups is 1. The van der Waals surface area contributed by atoms with Crippen LogP contribution in [0.3, 0.4) is 0 Å². The number of rotatable bonds is 3. The molecule has 0 N–H and O–H groups in total. The molecule has 8 heteroatoms. The van der Waals surface area contributed by atoms with Gasteiger partial charge in [0.15, 0.2) is 0 Å². The molecule has 0 unspecified atom stereocenters. The number of carbonyl (C=O) groups excluding carboxylic acids is 1. The molecule has 0 aliphatic carbocycles. The molecule has 19 heavy (non-hydrogen) atoms. The van der Waals surface area contributed by atoms with Gasteiger partial charge < -0.3 is 4.42 Å². The predicted molar refractivity (Wildman–Crippen MR) is 75.5 cm³/mol. The van der Waals surface area contributed by atoms with E-state index in [-0.39, 0.29) is 23.6 Å². The molecule has 1 amide bonds. The molecule has 0 spiro atoms. The summed E-state index contributed by atoms with van der Waals surface area (Å²) in [6, 6.07) is 2.67. The fourth-order valence-corrected chi connectivity index (χ4v) is 3.08. The number of thioether (sulfide) groups is 1. The van der Waals surface area contributed by atoms with E-state index in [0.717, 1.165) is 11.8 Å². The minimum atomic E-state index is -0.628. The van der Waals surface area contributed by atoms with E-state index in [1.165, 1.54) is 23.1 Å². The summed E-state index contributed by atoms with van der Waals surface area (Å²) in [6.07, 6.45) is 1.47. The van der Waals surface area contributed by atoms with Crippen molar-refractivity contribution in [3.8, 4) is 0 Å². The minimum Gasteiger partial charge on any atom is -0.401 e. The average Bonchev–Trinajstić information content (AvgIpc) is 2.85. The molecular formula is C11H10N2O4S2. The number of nitrogens with zero attached hydrogens (tertiary/aromatic N) is 2. The van der Waals surface area contributed by atoms with Crippen LogP contribution in [0.15, 0.2) is 21.5 Å². The lowest BCUT2D eigenvalue weighted by Crippen LogP contribution is -2.34. The van der Waals surface area contributed by atoms with Crippen LogP contribution in [0.4, 0.5) is 5.88 Å². The minimum absolute atomic E-state index is 0.0238. The zero-order valence-electron chi connectivity index (χ0n) is 10.2. The van der Waals surface area contributed by atoms with Crippen molar-refractivity contribution in [2.75, 3.05) is 0 Å². The van der Waals surface area contributed by atoms with Crippen molar-refractivity contribution in [3.63, 3.8) is 0 Å². The molecule has 6 nitrogen and oxygen atoms in total. The summed E-state index contributed by atoms with van der Waals surface area (Å²) in [6.45, 7) is 3.73. The molecule has 0 radical (unpaired) electrons. The smallest absolute Gasteiger partial charge is 0.401 e. The summed E-state index contributed by atoms with van der Waals surface area (Å²) in [5.41, 5.74) is 0. The van der Waals surface area contributed by atoms with E-state index in [4.69, 9.17) is 16.6 Å². The highest BCUT2D eigenvalue weighted by atomic mass is 32.2. The van der Waals surface area contributed by atoms with Crippen molar-refractivity contribution in [1.29, 1.82) is 0 Å². The van der Waals surface area contributed by atoms with Gasteiger partial charge >= 0.3 is 5.88 Å². The molecule has 1 aromatic rings. The Hall–Kier alpha value is -1.67. The van der Waals surface area contributed by atoms with Gasteiger partial charge in [-0.15, -0.1) is 0 Å². The molecule has 1 aromatic heterocycles. The van der Waals surface area contributed by atoms with Crippen molar-refractivity contribution in [2.24, 2.45) is 0 Å². The molecule has 2 heterocycles. The maximum Gasteiger partial charge on any atom is 0.433 e. The van der Waals surface area contributed by atoms with E-state index in [0.29, 0.717) is 9.23 Å². The van der Waals surface area contributed by atoms with Crippen molar-refractivity contribution in [1.82, 2.24) is 4.90 Å². The summed E-state index contributed by atoms with van der Waals surface area (Å²) < 4.78 is 5.46. The third kappa shape index (κ3) is 2.69. The predicted octanol–water partition coefficient (Wildman–Crippen LogP) is 2.80. The molecule has 1 fully saturated rings. The van der Waals surface area contributed by atoms with Crippen LogP contribution in [-0.4, -0.2) is 26.1 Å². The molecular weight excluding hydrogens is 288 g/mol. The maximum atomic E-state index is 12.1. The van der Waals surface area contributed by atoms with Gasteiger partial charge in [0.1, 0.15) is 15.0 Å². The summed E-state index contributed by atoms with van der Waals surface area (Å²) in [4.78, 5) is 23.9. The Balaban J connectivity index is 2.27. The quantitative estimate of drug-likeness (QED) is 0.369. The second-order valence-electron chi connectivity index (χ2n) is 4.08. The van der Waals surface area contributed by atoms with E-state index in [1.807, 2.05) is 13.8 Å². The zero-order valence-corrected chi connectivity index (χ0v) is 11.8. The lowest BCUT2D eigenvalue weighted by Gasteiger charge is -2.18. The van der Waals surface area contributed by atoms with E-state index in [2.05, 4.69) is 0 Å². The largest absolute Gasteiger partial charge is 0.433 e. The fraction of sp³-hybridized carbons (Fsp3) is 0.273. The summed E-state index contributed by atoms with van der Waals surface area (Å²) in [5, 5.41) is 10.5. The zero-order chi connectivity index (χ0) is 14.2. The highest BCUT2D eigenvalue weighted by molar-refractivity contribution is 8.26. The maximum absolute atomic E-state index is 12.1. The first-order valence-corrected chi connectivity index (χ1v) is 6.64. The Morgan fingerprint density at radius 3 is 2.68 bits per heavy atom. The Morgan fingerprint density at radius 1 is 1.53 bits per heavy atom. The van der Waals surface area contributed by atoms with Crippen LogP contribution < -0.4 is 0 Å². The van der Waals surface area contributed by atoms with Crippen molar-refractivity contribution >= 4 is 46.2 Å². The SMILES string of the molecule is CC(C)N1C(=O)C(=Cc2ccc([N+](=O)[O-])o2)SC1=S. The Labute approximate surface area is 118 Å². The van der Waals surface area contributed by atoms with Gasteiger partial charge in [-0.2, -0.15) is 0 Å². The first-order valence-electron chi connectivity index (χ1n) is 5.41. The molecule has 0 aromatic carbocycles. The van der Waals surface area contributed by atoms with Gasteiger partial charge in [0.2, 0.25) is 0 Å². The number of hydrogen-bond donors (Lipinski definition) is 0. The molecule has 0 bridgehead atoms. The lowest BCUT2D eigenvalue weighted by molar-refractivity contribution is -0.402. The second-order valence-corrected chi connectivity index (χ2v) is 5.75. The number of nitro groups is 1. The second kappa shape index (κ2) is 5.14. The van der Waals surface area contributed by atoms with Crippen molar-refractivity contribution < 1.29 is 14.1 Å². The monoisotopic (exact) mass is 298 g/mol. The average molecular weight is 298 g/mol. The fourth-order valence-electron chi connectivity index (χ4n) is 1.57. The van der Waals surface area contributed by atoms with Crippen molar-refractivity contribution in [3.05, 3.63) is 32.9 Å². The van der Waals surface area contributed by atoms with Gasteiger partial charge in [0.25, 0.3) is 5.91 Å². The lowest BCUT2D eigenvalue weighted by atomic mass is 10.3. The third-order valence-electron chi connectivity index (χ3n) is 2.41. The number of hydrogen-bond acceptors (Lipinski definition) is 6.